The number of halogens is 1. The number of aromatic nitrogens is 2. The summed E-state index contributed by atoms with van der Waals surface area (Å²) >= 11 is 5.90. The van der Waals surface area contributed by atoms with E-state index < -0.39 is 5.97 Å². The quantitative estimate of drug-likeness (QED) is 0.813. The topological polar surface area (TPSA) is 61.2 Å². The molecule has 0 saturated carbocycles. The molecule has 0 aliphatic heterocycles. The van der Waals surface area contributed by atoms with Gasteiger partial charge in [-0.1, -0.05) is 24.9 Å². The van der Waals surface area contributed by atoms with Gasteiger partial charge in [0.2, 0.25) is 11.1 Å². The van der Waals surface area contributed by atoms with Gasteiger partial charge in [-0.3, -0.25) is 4.79 Å². The fraction of sp³-hybridized carbons (Fsp3) is 0.312. The summed E-state index contributed by atoms with van der Waals surface area (Å²) in [5.41, 5.74) is 1.45. The number of carbonyl (C=O) groups excluding carboxylic acids is 1. The molecule has 0 atom stereocenters. The van der Waals surface area contributed by atoms with Gasteiger partial charge in [-0.15, -0.1) is 0 Å². The minimum atomic E-state index is -0.731. The van der Waals surface area contributed by atoms with Gasteiger partial charge in [0, 0.05) is 16.3 Å². The molecule has 0 saturated heterocycles. The molecule has 0 unspecified atom stereocenters. The van der Waals surface area contributed by atoms with E-state index in [1.807, 2.05) is 13.8 Å². The Kier molecular flexibility index (Phi) is 4.98. The molecule has 0 bridgehead atoms. The van der Waals surface area contributed by atoms with Crippen molar-refractivity contribution in [3.63, 3.8) is 0 Å². The number of nitrogens with zero attached hydrogens (tertiary/aromatic N) is 2. The number of esters is 1. The Morgan fingerprint density at radius 1 is 1.32 bits per heavy atom. The van der Waals surface area contributed by atoms with Crippen LogP contribution in [0.4, 0.5) is 0 Å². The van der Waals surface area contributed by atoms with Gasteiger partial charge < -0.3 is 4.74 Å². The largest absolute Gasteiger partial charge is 0.464 e. The van der Waals surface area contributed by atoms with E-state index in [2.05, 4.69) is 9.84 Å². The number of ether oxygens (including phenoxy) is 1. The summed E-state index contributed by atoms with van der Waals surface area (Å²) in [7, 11) is 1.23. The predicted molar refractivity (Wildman–Crippen MR) is 84.9 cm³/mol. The fourth-order valence-electron chi connectivity index (χ4n) is 2.26. The van der Waals surface area contributed by atoms with Gasteiger partial charge in [0.1, 0.15) is 0 Å². The van der Waals surface area contributed by atoms with Crippen molar-refractivity contribution in [3.8, 4) is 5.69 Å². The normalized spacial score (nSPS) is 10.5. The Bertz CT molecular complexity index is 751. The van der Waals surface area contributed by atoms with E-state index >= 15 is 0 Å². The predicted octanol–water partition coefficient (Wildman–Crippen LogP) is 2.93. The van der Waals surface area contributed by atoms with Crippen LogP contribution in [-0.2, 0) is 11.2 Å². The van der Waals surface area contributed by atoms with Crippen LogP contribution in [0.3, 0.4) is 0 Å². The van der Waals surface area contributed by atoms with Crippen LogP contribution in [0.2, 0.25) is 5.02 Å². The van der Waals surface area contributed by atoms with Gasteiger partial charge in [-0.05, 0) is 37.6 Å². The van der Waals surface area contributed by atoms with Crippen LogP contribution in [0, 0.1) is 6.92 Å². The fourth-order valence-corrected chi connectivity index (χ4v) is 2.39. The SMILES string of the molecule is CCCc1c(C)n(-c2ccc(Cl)cc2)nc(C(=O)OC)c1=O. The molecule has 2 rings (SSSR count). The molecular formula is C16H17ClN2O3. The van der Waals surface area contributed by atoms with E-state index in [0.717, 1.165) is 12.1 Å². The van der Waals surface area contributed by atoms with Crippen molar-refractivity contribution in [3.05, 3.63) is 56.5 Å². The second-order valence-corrected chi connectivity index (χ2v) is 5.31. The highest BCUT2D eigenvalue weighted by molar-refractivity contribution is 6.30. The van der Waals surface area contributed by atoms with Gasteiger partial charge in [0.05, 0.1) is 12.8 Å². The Morgan fingerprint density at radius 3 is 2.50 bits per heavy atom. The zero-order chi connectivity index (χ0) is 16.3. The van der Waals surface area contributed by atoms with Crippen molar-refractivity contribution in [2.24, 2.45) is 0 Å². The van der Waals surface area contributed by atoms with Crippen LogP contribution in [0.5, 0.6) is 0 Å². The van der Waals surface area contributed by atoms with E-state index in [1.165, 1.54) is 7.11 Å². The maximum atomic E-state index is 12.4. The number of hydrogen-bond acceptors (Lipinski definition) is 4. The van der Waals surface area contributed by atoms with E-state index in [0.29, 0.717) is 22.7 Å². The summed E-state index contributed by atoms with van der Waals surface area (Å²) in [6, 6.07) is 7.02. The smallest absolute Gasteiger partial charge is 0.362 e. The number of hydrogen-bond donors (Lipinski definition) is 0. The molecule has 1 aromatic carbocycles. The minimum Gasteiger partial charge on any atom is -0.464 e. The van der Waals surface area contributed by atoms with E-state index in [4.69, 9.17) is 11.6 Å². The lowest BCUT2D eigenvalue weighted by atomic mass is 10.1. The van der Waals surface area contributed by atoms with Crippen molar-refractivity contribution in [2.75, 3.05) is 7.11 Å². The van der Waals surface area contributed by atoms with Crippen molar-refractivity contribution >= 4 is 17.6 Å². The lowest BCUT2D eigenvalue weighted by molar-refractivity contribution is 0.0590. The lowest BCUT2D eigenvalue weighted by Crippen LogP contribution is -2.28. The summed E-state index contributed by atoms with van der Waals surface area (Å²) in [6.07, 6.45) is 1.37. The van der Waals surface area contributed by atoms with Crippen molar-refractivity contribution in [2.45, 2.75) is 26.7 Å². The number of benzene rings is 1. The molecule has 0 radical (unpaired) electrons. The second-order valence-electron chi connectivity index (χ2n) is 4.87. The van der Waals surface area contributed by atoms with Gasteiger partial charge >= 0.3 is 5.97 Å². The van der Waals surface area contributed by atoms with Crippen LogP contribution < -0.4 is 5.43 Å². The molecule has 0 aliphatic rings. The highest BCUT2D eigenvalue weighted by atomic mass is 35.5. The molecule has 0 spiro atoms. The Balaban J connectivity index is 2.72. The van der Waals surface area contributed by atoms with Crippen molar-refractivity contribution < 1.29 is 9.53 Å². The van der Waals surface area contributed by atoms with Crippen LogP contribution in [0.15, 0.2) is 29.1 Å². The molecule has 5 nitrogen and oxygen atoms in total. The maximum Gasteiger partial charge on any atom is 0.362 e. The monoisotopic (exact) mass is 320 g/mol. The van der Waals surface area contributed by atoms with Crippen LogP contribution in [-0.4, -0.2) is 22.9 Å². The molecule has 116 valence electrons. The third kappa shape index (κ3) is 3.04. The van der Waals surface area contributed by atoms with E-state index in [1.54, 1.807) is 28.9 Å². The van der Waals surface area contributed by atoms with Crippen molar-refractivity contribution in [1.82, 2.24) is 9.78 Å². The average Bonchev–Trinajstić information content (AvgIpc) is 2.52. The van der Waals surface area contributed by atoms with E-state index in [9.17, 15) is 9.59 Å². The van der Waals surface area contributed by atoms with Gasteiger partial charge in [0.15, 0.2) is 0 Å². The zero-order valence-corrected chi connectivity index (χ0v) is 13.5. The van der Waals surface area contributed by atoms with Gasteiger partial charge in [-0.2, -0.15) is 5.10 Å². The Labute approximate surface area is 133 Å². The number of methoxy groups -OCH3 is 1. The molecule has 6 heteroatoms. The Morgan fingerprint density at radius 2 is 1.95 bits per heavy atom. The van der Waals surface area contributed by atoms with Crippen LogP contribution in [0.25, 0.3) is 5.69 Å². The van der Waals surface area contributed by atoms with Crippen LogP contribution >= 0.6 is 11.6 Å². The third-order valence-corrected chi connectivity index (χ3v) is 3.65. The Hall–Kier alpha value is -2.14. The maximum absolute atomic E-state index is 12.4. The number of carbonyl (C=O) groups is 1. The second kappa shape index (κ2) is 6.75. The summed E-state index contributed by atoms with van der Waals surface area (Å²) < 4.78 is 6.24. The zero-order valence-electron chi connectivity index (χ0n) is 12.7. The summed E-state index contributed by atoms with van der Waals surface area (Å²) in [5, 5.41) is 4.77. The minimum absolute atomic E-state index is 0.202. The lowest BCUT2D eigenvalue weighted by Gasteiger charge is -2.14. The summed E-state index contributed by atoms with van der Waals surface area (Å²) in [5.74, 6) is -0.731. The molecular weight excluding hydrogens is 304 g/mol. The highest BCUT2D eigenvalue weighted by Gasteiger charge is 2.20. The van der Waals surface area contributed by atoms with Gasteiger partial charge in [0.25, 0.3) is 0 Å². The molecule has 1 heterocycles. The summed E-state index contributed by atoms with van der Waals surface area (Å²) in [6.45, 7) is 3.79. The molecule has 1 aromatic heterocycles. The molecule has 22 heavy (non-hydrogen) atoms. The first-order chi connectivity index (χ1) is 10.5. The molecule has 0 amide bonds. The molecule has 0 N–H and O–H groups in total. The first-order valence-electron chi connectivity index (χ1n) is 6.96. The summed E-state index contributed by atoms with van der Waals surface area (Å²) in [4.78, 5) is 24.2. The van der Waals surface area contributed by atoms with Crippen LogP contribution in [0.1, 0.15) is 35.1 Å². The average molecular weight is 321 g/mol. The number of rotatable bonds is 4. The van der Waals surface area contributed by atoms with Gasteiger partial charge in [-0.25, -0.2) is 9.48 Å². The highest BCUT2D eigenvalue weighted by Crippen LogP contribution is 2.16. The molecule has 2 aromatic rings. The molecule has 0 fully saturated rings. The van der Waals surface area contributed by atoms with E-state index in [-0.39, 0.29) is 11.1 Å². The first kappa shape index (κ1) is 16.2. The standard InChI is InChI=1S/C16H17ClN2O3/c1-4-5-13-10(2)19(12-8-6-11(17)7-9-12)18-14(15(13)20)16(21)22-3/h6-9H,4-5H2,1-3H3. The third-order valence-electron chi connectivity index (χ3n) is 3.39. The van der Waals surface area contributed by atoms with Crippen molar-refractivity contribution in [1.29, 1.82) is 0 Å². The molecule has 0 aliphatic carbocycles. The first-order valence-corrected chi connectivity index (χ1v) is 7.34.